The number of nitrogens with zero attached hydrogens (tertiary/aromatic N) is 6. The Morgan fingerprint density at radius 3 is 2.68 bits per heavy atom. The third kappa shape index (κ3) is 3.42. The smallest absolute Gasteiger partial charge is 0.313 e. The number of aromatic nitrogens is 4. The molecule has 1 aromatic carbocycles. The number of amides is 1. The highest BCUT2D eigenvalue weighted by molar-refractivity contribution is 7.99. The number of hydrogen-bond acceptors (Lipinski definition) is 6. The van der Waals surface area contributed by atoms with Crippen molar-refractivity contribution in [2.75, 3.05) is 30.8 Å². The van der Waals surface area contributed by atoms with Gasteiger partial charge in [-0.25, -0.2) is 9.78 Å². The predicted octanol–water partition coefficient (Wildman–Crippen LogP) is 1.69. The molecule has 0 saturated carbocycles. The number of thioether (sulfide) groups is 1. The van der Waals surface area contributed by atoms with Crippen LogP contribution in [0.5, 0.6) is 0 Å². The van der Waals surface area contributed by atoms with E-state index in [1.165, 1.54) is 34.5 Å². The Balaban J connectivity index is 1.47. The Bertz CT molecular complexity index is 1420. The van der Waals surface area contributed by atoms with Crippen LogP contribution in [0.4, 0.5) is 5.69 Å². The van der Waals surface area contributed by atoms with Gasteiger partial charge in [0.15, 0.2) is 16.3 Å². The predicted molar refractivity (Wildman–Crippen MR) is 134 cm³/mol. The lowest BCUT2D eigenvalue weighted by Crippen LogP contribution is -2.47. The van der Waals surface area contributed by atoms with E-state index in [1.807, 2.05) is 11.8 Å². The van der Waals surface area contributed by atoms with Crippen molar-refractivity contribution < 1.29 is 4.79 Å². The van der Waals surface area contributed by atoms with Crippen LogP contribution in [0, 0.1) is 6.92 Å². The molecule has 5 rings (SSSR count). The number of benzene rings is 1. The highest BCUT2D eigenvalue weighted by atomic mass is 32.2. The molecular formula is C24H30N6O3S. The van der Waals surface area contributed by atoms with Crippen molar-refractivity contribution in [3.8, 4) is 0 Å². The van der Waals surface area contributed by atoms with E-state index in [4.69, 9.17) is 0 Å². The van der Waals surface area contributed by atoms with Gasteiger partial charge in [-0.05, 0) is 45.5 Å². The first kappa shape index (κ1) is 22.9. The maximum Gasteiger partial charge on any atom is 0.332 e. The Hall–Kier alpha value is -2.85. The molecule has 0 spiro atoms. The summed E-state index contributed by atoms with van der Waals surface area (Å²) >= 11 is 1.33. The number of fused-ring (bicyclic) bond motifs is 4. The molecule has 34 heavy (non-hydrogen) atoms. The van der Waals surface area contributed by atoms with E-state index in [-0.39, 0.29) is 23.3 Å². The quantitative estimate of drug-likeness (QED) is 0.526. The maximum atomic E-state index is 13.6. The molecule has 0 radical (unpaired) electrons. The summed E-state index contributed by atoms with van der Waals surface area (Å²) < 4.78 is 4.28. The Morgan fingerprint density at radius 1 is 1.18 bits per heavy atom. The van der Waals surface area contributed by atoms with E-state index in [0.717, 1.165) is 29.8 Å². The van der Waals surface area contributed by atoms with E-state index in [9.17, 15) is 14.4 Å². The second kappa shape index (κ2) is 8.42. The maximum absolute atomic E-state index is 13.6. The number of carbonyl (C=O) groups is 1. The average molecular weight is 483 g/mol. The van der Waals surface area contributed by atoms with Crippen molar-refractivity contribution in [2.24, 2.45) is 14.1 Å². The summed E-state index contributed by atoms with van der Waals surface area (Å²) in [5.74, 6) is 0.577. The van der Waals surface area contributed by atoms with Crippen LogP contribution in [0.2, 0.25) is 0 Å². The van der Waals surface area contributed by atoms with Gasteiger partial charge in [-0.1, -0.05) is 29.5 Å². The van der Waals surface area contributed by atoms with E-state index >= 15 is 0 Å². The van der Waals surface area contributed by atoms with E-state index in [0.29, 0.717) is 28.8 Å². The molecule has 2 aliphatic rings. The van der Waals surface area contributed by atoms with E-state index < -0.39 is 5.69 Å². The minimum atomic E-state index is -0.414. The first-order valence-corrected chi connectivity index (χ1v) is 12.6. The Morgan fingerprint density at radius 2 is 1.94 bits per heavy atom. The van der Waals surface area contributed by atoms with E-state index in [2.05, 4.69) is 42.1 Å². The molecule has 0 bridgehead atoms. The lowest BCUT2D eigenvalue weighted by Gasteiger charge is -2.36. The molecule has 3 aromatic rings. The molecule has 0 unspecified atom stereocenters. The van der Waals surface area contributed by atoms with Gasteiger partial charge >= 0.3 is 5.69 Å². The molecule has 1 saturated heterocycles. The molecule has 2 aliphatic heterocycles. The summed E-state index contributed by atoms with van der Waals surface area (Å²) in [5.41, 5.74) is 3.43. The molecule has 0 N–H and O–H groups in total. The van der Waals surface area contributed by atoms with E-state index in [1.54, 1.807) is 11.6 Å². The van der Waals surface area contributed by atoms with Crippen molar-refractivity contribution in [3.63, 3.8) is 0 Å². The second-order valence-electron chi connectivity index (χ2n) is 9.36. The summed E-state index contributed by atoms with van der Waals surface area (Å²) in [5, 5.41) is 0.576. The summed E-state index contributed by atoms with van der Waals surface area (Å²) in [6, 6.07) is 6.53. The fraction of sp³-hybridized carbons (Fsp3) is 0.500. The summed E-state index contributed by atoms with van der Waals surface area (Å²) in [4.78, 5) is 47.7. The fourth-order valence-corrected chi connectivity index (χ4v) is 6.35. The Kier molecular flexibility index (Phi) is 5.68. The molecule has 1 fully saturated rings. The summed E-state index contributed by atoms with van der Waals surface area (Å²) in [6.45, 7) is 6.45. The molecule has 1 amide bonds. The largest absolute Gasteiger partial charge is 0.332 e. The van der Waals surface area contributed by atoms with Crippen molar-refractivity contribution in [1.29, 1.82) is 0 Å². The van der Waals surface area contributed by atoms with Crippen LogP contribution in [0.1, 0.15) is 30.4 Å². The fourth-order valence-electron chi connectivity index (χ4n) is 5.43. The molecule has 0 aliphatic carbocycles. The minimum Gasteiger partial charge on any atom is -0.313 e. The van der Waals surface area contributed by atoms with Gasteiger partial charge in [-0.2, -0.15) is 0 Å². The van der Waals surface area contributed by atoms with Crippen LogP contribution in [0.3, 0.4) is 0 Å². The molecule has 10 heteroatoms. The third-order valence-electron chi connectivity index (χ3n) is 7.18. The average Bonchev–Trinajstić information content (AvgIpc) is 3.35. The highest BCUT2D eigenvalue weighted by Crippen LogP contribution is 2.45. The molecule has 9 nitrogen and oxygen atoms in total. The van der Waals surface area contributed by atoms with Gasteiger partial charge < -0.3 is 14.4 Å². The van der Waals surface area contributed by atoms with Crippen LogP contribution in [-0.2, 0) is 25.4 Å². The van der Waals surface area contributed by atoms with Gasteiger partial charge in [0.05, 0.1) is 5.75 Å². The van der Waals surface area contributed by atoms with Gasteiger partial charge in [0.2, 0.25) is 5.91 Å². The normalized spacial score (nSPS) is 20.1. The zero-order valence-corrected chi connectivity index (χ0v) is 21.1. The van der Waals surface area contributed by atoms with Gasteiger partial charge in [0, 0.05) is 44.8 Å². The number of aryl methyl sites for hydroxylation is 3. The van der Waals surface area contributed by atoms with Crippen LogP contribution < -0.4 is 16.1 Å². The van der Waals surface area contributed by atoms with Crippen LogP contribution in [-0.4, -0.2) is 61.4 Å². The number of rotatable bonds is 4. The second-order valence-corrected chi connectivity index (χ2v) is 10.3. The van der Waals surface area contributed by atoms with Crippen molar-refractivity contribution in [1.82, 2.24) is 23.6 Å². The third-order valence-corrected chi connectivity index (χ3v) is 8.14. The Labute approximate surface area is 202 Å². The monoisotopic (exact) mass is 482 g/mol. The highest BCUT2D eigenvalue weighted by Gasteiger charge is 2.43. The van der Waals surface area contributed by atoms with Gasteiger partial charge in [0.25, 0.3) is 5.56 Å². The standard InChI is InChI=1S/C24H30N6O3S/c1-6-29-20-21(27(4)24(33)28(5)22(20)32)25-23(29)34-13-19(31)30-17-8-7-14(2)11-15(17)16-12-26(3)10-9-18(16)30/h7-8,11,16,18H,6,9-10,12-13H2,1-5H3/t16-,18+/m0/s1. The van der Waals surface area contributed by atoms with Crippen molar-refractivity contribution in [2.45, 2.75) is 43.9 Å². The molecule has 180 valence electrons. The van der Waals surface area contributed by atoms with Crippen molar-refractivity contribution in [3.05, 3.63) is 50.2 Å². The minimum absolute atomic E-state index is 0.0451. The first-order valence-electron chi connectivity index (χ1n) is 11.6. The van der Waals surface area contributed by atoms with Gasteiger partial charge in [-0.15, -0.1) is 0 Å². The van der Waals surface area contributed by atoms with Crippen molar-refractivity contribution >= 4 is 34.5 Å². The molecule has 2 aromatic heterocycles. The number of carbonyl (C=O) groups excluding carboxylic acids is 1. The topological polar surface area (TPSA) is 85.4 Å². The van der Waals surface area contributed by atoms with Crippen LogP contribution >= 0.6 is 11.8 Å². The SMILES string of the molecule is CCn1c(SCC(=O)N2c3ccc(C)cc3[C@@H]3CN(C)CC[C@H]32)nc2c1c(=O)n(C)c(=O)n2C. The number of piperidine rings is 1. The van der Waals surface area contributed by atoms with Crippen LogP contribution in [0.15, 0.2) is 32.9 Å². The number of likely N-dealkylation sites (tertiary alicyclic amines) is 1. The lowest BCUT2D eigenvalue weighted by molar-refractivity contribution is -0.116. The first-order chi connectivity index (χ1) is 16.2. The zero-order chi connectivity index (χ0) is 24.3. The summed E-state index contributed by atoms with van der Waals surface area (Å²) in [6.07, 6.45) is 0.941. The van der Waals surface area contributed by atoms with Gasteiger partial charge in [-0.3, -0.25) is 18.7 Å². The zero-order valence-electron chi connectivity index (χ0n) is 20.2. The molecule has 4 heterocycles. The molecular weight excluding hydrogens is 452 g/mol. The molecule has 2 atom stereocenters. The summed E-state index contributed by atoms with van der Waals surface area (Å²) in [7, 11) is 5.22. The number of anilines is 1. The van der Waals surface area contributed by atoms with Crippen LogP contribution in [0.25, 0.3) is 11.2 Å². The number of imidazole rings is 1. The lowest BCUT2D eigenvalue weighted by atomic mass is 9.89. The number of likely N-dealkylation sites (N-methyl/N-ethyl adjacent to an activating group) is 1. The van der Waals surface area contributed by atoms with Gasteiger partial charge in [0.1, 0.15) is 0 Å². The number of hydrogen-bond donors (Lipinski definition) is 0.